The minimum absolute atomic E-state index is 0.0440. The van der Waals surface area contributed by atoms with Gasteiger partial charge in [-0.15, -0.1) is 0 Å². The Morgan fingerprint density at radius 3 is 1.60 bits per heavy atom. The van der Waals surface area contributed by atoms with Crippen LogP contribution < -0.4 is 0 Å². The Hall–Kier alpha value is -6.15. The van der Waals surface area contributed by atoms with E-state index in [1.165, 1.54) is 0 Å². The van der Waals surface area contributed by atoms with Crippen LogP contribution >= 0.6 is 0 Å². The molecule has 8 aromatic rings. The molecule has 47 heavy (non-hydrogen) atoms. The second-order valence-corrected chi connectivity index (χ2v) is 14.2. The van der Waals surface area contributed by atoms with Crippen molar-refractivity contribution < 1.29 is 8.42 Å². The van der Waals surface area contributed by atoms with Crippen molar-refractivity contribution in [2.24, 2.45) is 0 Å². The van der Waals surface area contributed by atoms with Crippen molar-refractivity contribution in [2.45, 2.75) is 11.5 Å². The first kappa shape index (κ1) is 27.2. The Morgan fingerprint density at radius 2 is 1.00 bits per heavy atom. The summed E-state index contributed by atoms with van der Waals surface area (Å²) in [6.45, 7) is 0. The third kappa shape index (κ3) is 4.11. The molecule has 0 amide bonds. The molecule has 1 aliphatic rings. The molecule has 0 saturated heterocycles. The van der Waals surface area contributed by atoms with Crippen LogP contribution in [0.1, 0.15) is 22.3 Å². The number of aromatic nitrogens is 2. The largest absolute Gasteiger partial charge is 0.309 e. The lowest BCUT2D eigenvalue weighted by Gasteiger charge is -2.15. The number of sulfone groups is 1. The number of fused-ring (bicyclic) bond motifs is 9. The smallest absolute Gasteiger partial charge is 0.158 e. The van der Waals surface area contributed by atoms with Gasteiger partial charge in [-0.3, -0.25) is 0 Å². The Balaban J connectivity index is 1.27. The number of nitrogens with zero attached hydrogens (tertiary/aromatic N) is 4. The van der Waals surface area contributed by atoms with Crippen molar-refractivity contribution >= 4 is 53.4 Å². The van der Waals surface area contributed by atoms with Crippen LogP contribution in [-0.2, 0) is 21.3 Å². The number of hydrogen-bond acceptors (Lipinski definition) is 4. The second-order valence-electron chi connectivity index (χ2n) is 12.1. The molecule has 0 aliphatic carbocycles. The Labute approximate surface area is 270 Å². The van der Waals surface area contributed by atoms with Gasteiger partial charge in [0.1, 0.15) is 0 Å². The quantitative estimate of drug-likeness (QED) is 0.192. The minimum Gasteiger partial charge on any atom is -0.309 e. The van der Waals surface area contributed by atoms with Gasteiger partial charge in [0.15, 0.2) is 9.84 Å². The van der Waals surface area contributed by atoms with Gasteiger partial charge in [0.25, 0.3) is 0 Å². The third-order valence-electron chi connectivity index (χ3n) is 9.34. The summed E-state index contributed by atoms with van der Waals surface area (Å²) in [5, 5.41) is 23.2. The normalized spacial score (nSPS) is 13.7. The van der Waals surface area contributed by atoms with E-state index in [0.29, 0.717) is 11.1 Å². The van der Waals surface area contributed by atoms with Crippen LogP contribution in [0.15, 0.2) is 121 Å². The van der Waals surface area contributed by atoms with E-state index in [4.69, 9.17) is 0 Å². The standard InChI is InChI=1S/C40H24N4O2S/c41-21-25-9-15-39-35(17-25)32-5-1-3-7-37(32)43(39)29-13-14-31-28(19-29)24-47(45,46)23-27-11-12-30(20-34(27)31)44-38-8-4-2-6-33(38)36-18-26(22-42)10-16-40(36)44/h1-20H,23-24H2. The zero-order valence-corrected chi connectivity index (χ0v) is 25.8. The first-order chi connectivity index (χ1) is 22.9. The summed E-state index contributed by atoms with van der Waals surface area (Å²) in [6, 6.07) is 44.3. The fourth-order valence-electron chi connectivity index (χ4n) is 7.35. The van der Waals surface area contributed by atoms with Crippen molar-refractivity contribution in [3.8, 4) is 34.6 Å². The molecular weight excluding hydrogens is 601 g/mol. The lowest BCUT2D eigenvalue weighted by Crippen LogP contribution is -2.06. The Bertz CT molecular complexity index is 2850. The van der Waals surface area contributed by atoms with Crippen LogP contribution in [0.3, 0.4) is 0 Å². The summed E-state index contributed by atoms with van der Waals surface area (Å²) < 4.78 is 31.4. The van der Waals surface area contributed by atoms with Crippen LogP contribution in [0, 0.1) is 22.7 Å². The molecule has 222 valence electrons. The number of nitriles is 2. The Kier molecular flexibility index (Phi) is 5.74. The first-order valence-electron chi connectivity index (χ1n) is 15.3. The van der Waals surface area contributed by atoms with Crippen molar-refractivity contribution in [2.75, 3.05) is 0 Å². The van der Waals surface area contributed by atoms with E-state index in [1.54, 1.807) is 0 Å². The van der Waals surface area contributed by atoms with Crippen molar-refractivity contribution in [3.05, 3.63) is 144 Å². The number of rotatable bonds is 2. The van der Waals surface area contributed by atoms with E-state index in [9.17, 15) is 18.9 Å². The molecule has 3 heterocycles. The summed E-state index contributed by atoms with van der Waals surface area (Å²) in [4.78, 5) is 0. The zero-order chi connectivity index (χ0) is 31.9. The summed E-state index contributed by atoms with van der Waals surface area (Å²) in [6.07, 6.45) is 0. The molecule has 0 atom stereocenters. The van der Waals surface area contributed by atoms with Gasteiger partial charge >= 0.3 is 0 Å². The maximum absolute atomic E-state index is 13.5. The predicted molar refractivity (Wildman–Crippen MR) is 186 cm³/mol. The average Bonchev–Trinajstić information content (AvgIpc) is 3.56. The highest BCUT2D eigenvalue weighted by atomic mass is 32.2. The molecule has 0 fully saturated rings. The molecule has 7 heteroatoms. The number of hydrogen-bond donors (Lipinski definition) is 0. The molecule has 9 rings (SSSR count). The molecule has 0 spiro atoms. The van der Waals surface area contributed by atoms with E-state index in [1.807, 2.05) is 84.9 Å². The fraction of sp³-hybridized carbons (Fsp3) is 0.0500. The van der Waals surface area contributed by atoms with Crippen molar-refractivity contribution in [1.29, 1.82) is 10.5 Å². The molecule has 6 aromatic carbocycles. The van der Waals surface area contributed by atoms with Crippen molar-refractivity contribution in [3.63, 3.8) is 0 Å². The van der Waals surface area contributed by atoms with Crippen molar-refractivity contribution in [1.82, 2.24) is 9.13 Å². The Morgan fingerprint density at radius 1 is 0.489 bits per heavy atom. The molecule has 1 aliphatic heterocycles. The summed E-state index contributed by atoms with van der Waals surface area (Å²) >= 11 is 0. The number of para-hydroxylation sites is 2. The lowest BCUT2D eigenvalue weighted by atomic mass is 9.95. The van der Waals surface area contributed by atoms with Crippen LogP contribution in [0.2, 0.25) is 0 Å². The summed E-state index contributed by atoms with van der Waals surface area (Å²) in [7, 11) is -3.45. The second kappa shape index (κ2) is 9.92. The maximum atomic E-state index is 13.5. The van der Waals surface area contributed by atoms with Gasteiger partial charge in [0, 0.05) is 32.9 Å². The molecule has 6 nitrogen and oxygen atoms in total. The topological polar surface area (TPSA) is 91.6 Å². The van der Waals surface area contributed by atoms with Gasteiger partial charge in [0.05, 0.1) is 56.8 Å². The predicted octanol–water partition coefficient (Wildman–Crippen LogP) is 8.72. The monoisotopic (exact) mass is 624 g/mol. The van der Waals surface area contributed by atoms with Crippen LogP contribution in [0.4, 0.5) is 0 Å². The van der Waals surface area contributed by atoms with E-state index in [0.717, 1.165) is 77.2 Å². The molecule has 0 saturated carbocycles. The molecule has 0 N–H and O–H groups in total. The fourth-order valence-corrected chi connectivity index (χ4v) is 8.89. The van der Waals surface area contributed by atoms with Gasteiger partial charge in [-0.1, -0.05) is 48.5 Å². The van der Waals surface area contributed by atoms with E-state index < -0.39 is 9.84 Å². The summed E-state index contributed by atoms with van der Waals surface area (Å²) in [5.74, 6) is -0.111. The molecular formula is C40H24N4O2S. The lowest BCUT2D eigenvalue weighted by molar-refractivity contribution is 0.595. The van der Waals surface area contributed by atoms with Gasteiger partial charge < -0.3 is 9.13 Å². The van der Waals surface area contributed by atoms with E-state index >= 15 is 0 Å². The van der Waals surface area contributed by atoms with Gasteiger partial charge in [-0.2, -0.15) is 10.5 Å². The highest BCUT2D eigenvalue weighted by molar-refractivity contribution is 7.89. The maximum Gasteiger partial charge on any atom is 0.158 e. The number of benzene rings is 6. The molecule has 0 radical (unpaired) electrons. The average molecular weight is 625 g/mol. The van der Waals surface area contributed by atoms with E-state index in [2.05, 4.69) is 57.7 Å². The van der Waals surface area contributed by atoms with Crippen LogP contribution in [0.5, 0.6) is 0 Å². The van der Waals surface area contributed by atoms with Gasteiger partial charge in [0.2, 0.25) is 0 Å². The highest BCUT2D eigenvalue weighted by Gasteiger charge is 2.26. The van der Waals surface area contributed by atoms with Gasteiger partial charge in [-0.25, -0.2) is 8.42 Å². The molecule has 2 aromatic heterocycles. The van der Waals surface area contributed by atoms with E-state index in [-0.39, 0.29) is 11.5 Å². The zero-order valence-electron chi connectivity index (χ0n) is 25.0. The third-order valence-corrected chi connectivity index (χ3v) is 10.8. The molecule has 0 unspecified atom stereocenters. The van der Waals surface area contributed by atoms with Crippen LogP contribution in [-0.4, -0.2) is 17.6 Å². The SMILES string of the molecule is N#Cc1ccc2c(c1)c1ccccc1n2-c1ccc2c(c1)CS(=O)(=O)Cc1ccc(-n3c4ccccc4c4cc(C#N)ccc43)cc1-2. The minimum atomic E-state index is -3.45. The van der Waals surface area contributed by atoms with Gasteiger partial charge in [-0.05, 0) is 95.1 Å². The first-order valence-corrected chi connectivity index (χ1v) is 17.1. The summed E-state index contributed by atoms with van der Waals surface area (Å²) in [5.41, 5.74) is 10.2. The highest BCUT2D eigenvalue weighted by Crippen LogP contribution is 2.40. The van der Waals surface area contributed by atoms with Crippen LogP contribution in [0.25, 0.3) is 66.1 Å². The molecule has 0 bridgehead atoms.